The van der Waals surface area contributed by atoms with Crippen molar-refractivity contribution in [2.75, 3.05) is 5.88 Å². The number of hydrogen-bond acceptors (Lipinski definition) is 4. The second-order valence-corrected chi connectivity index (χ2v) is 2.41. The van der Waals surface area contributed by atoms with E-state index >= 15 is 0 Å². The number of phosphoric acid groups is 1. The fraction of sp³-hybridized carbons (Fsp3) is 1.00. The van der Waals surface area contributed by atoms with E-state index in [2.05, 4.69) is 0 Å². The zero-order valence-corrected chi connectivity index (χ0v) is 6.52. The molecule has 9 heavy (non-hydrogen) atoms. The summed E-state index contributed by atoms with van der Waals surface area (Å²) in [7, 11) is -5.39. The molecule has 6 heteroatoms. The zero-order valence-electron chi connectivity index (χ0n) is 4.87. The molecule has 0 N–H and O–H groups in total. The van der Waals surface area contributed by atoms with Gasteiger partial charge in [-0.05, 0) is 6.42 Å². The maximum Gasteiger partial charge on any atom is 0.0220 e. The molecule has 0 bridgehead atoms. The van der Waals surface area contributed by atoms with Gasteiger partial charge in [-0.15, -0.1) is 11.6 Å². The van der Waals surface area contributed by atoms with E-state index in [9.17, 15) is 0 Å². The topological polar surface area (TPSA) is 86.2 Å². The van der Waals surface area contributed by atoms with Crippen molar-refractivity contribution in [1.29, 1.82) is 0 Å². The van der Waals surface area contributed by atoms with Crippen molar-refractivity contribution in [3.63, 3.8) is 0 Å². The van der Waals surface area contributed by atoms with Crippen LogP contribution in [0.25, 0.3) is 0 Å². The summed E-state index contributed by atoms with van der Waals surface area (Å²) in [5, 5.41) is 0. The molecule has 0 radical (unpaired) electrons. The number of alkyl halides is 1. The SMILES string of the molecule is CCCCl.O=P([O-])([O-])[O-]. The van der Waals surface area contributed by atoms with Crippen molar-refractivity contribution in [2.45, 2.75) is 13.3 Å². The molecule has 0 aromatic carbocycles. The molecule has 0 spiro atoms. The van der Waals surface area contributed by atoms with Crippen LogP contribution < -0.4 is 14.7 Å². The second kappa shape index (κ2) is 6.52. The third kappa shape index (κ3) is 176. The van der Waals surface area contributed by atoms with Crippen molar-refractivity contribution in [1.82, 2.24) is 0 Å². The van der Waals surface area contributed by atoms with E-state index in [1.807, 2.05) is 6.92 Å². The summed E-state index contributed by atoms with van der Waals surface area (Å²) in [5.74, 6) is 0.792. The van der Waals surface area contributed by atoms with Gasteiger partial charge in [-0.25, -0.2) is 0 Å². The minimum atomic E-state index is -5.39. The number of rotatable bonds is 1. The average molecular weight is 174 g/mol. The summed E-state index contributed by atoms with van der Waals surface area (Å²) >= 11 is 5.19. The molecule has 0 aromatic rings. The predicted octanol–water partition coefficient (Wildman–Crippen LogP) is -1.19. The lowest BCUT2D eigenvalue weighted by molar-refractivity contribution is -0.432. The predicted molar refractivity (Wildman–Crippen MR) is 28.6 cm³/mol. The van der Waals surface area contributed by atoms with E-state index in [0.29, 0.717) is 0 Å². The minimum Gasteiger partial charge on any atom is -0.822 e. The fourth-order valence-corrected chi connectivity index (χ4v) is 0. The summed E-state index contributed by atoms with van der Waals surface area (Å²) in [6, 6.07) is 0. The summed E-state index contributed by atoms with van der Waals surface area (Å²) in [4.78, 5) is 25.6. The van der Waals surface area contributed by atoms with Crippen molar-refractivity contribution in [3.05, 3.63) is 0 Å². The van der Waals surface area contributed by atoms with Gasteiger partial charge in [-0.2, -0.15) is 7.82 Å². The van der Waals surface area contributed by atoms with Gasteiger partial charge < -0.3 is 19.2 Å². The molecule has 0 heterocycles. The third-order valence-electron chi connectivity index (χ3n) is 0.189. The van der Waals surface area contributed by atoms with E-state index in [1.54, 1.807) is 0 Å². The molecule has 0 atom stereocenters. The van der Waals surface area contributed by atoms with Crippen molar-refractivity contribution in [2.24, 2.45) is 0 Å². The van der Waals surface area contributed by atoms with Gasteiger partial charge in [-0.3, -0.25) is 0 Å². The van der Waals surface area contributed by atoms with Gasteiger partial charge in [0.1, 0.15) is 0 Å². The highest BCUT2D eigenvalue weighted by Crippen LogP contribution is 2.03. The van der Waals surface area contributed by atoms with Crippen LogP contribution in [0.4, 0.5) is 0 Å². The Labute approximate surface area is 58.7 Å². The van der Waals surface area contributed by atoms with E-state index in [0.717, 1.165) is 12.3 Å². The first-order chi connectivity index (χ1) is 3.91. The third-order valence-corrected chi connectivity index (χ3v) is 0.567. The molecule has 58 valence electrons. The molecular weight excluding hydrogens is 166 g/mol. The lowest BCUT2D eigenvalue weighted by Gasteiger charge is -2.36. The van der Waals surface area contributed by atoms with Crippen molar-refractivity contribution in [3.8, 4) is 0 Å². The van der Waals surface area contributed by atoms with Crippen LogP contribution in [0.5, 0.6) is 0 Å². The normalized spacial score (nSPS) is 9.89. The molecule has 0 aromatic heterocycles. The van der Waals surface area contributed by atoms with Gasteiger partial charge >= 0.3 is 0 Å². The first kappa shape index (κ1) is 12.1. The smallest absolute Gasteiger partial charge is 0.0220 e. The average Bonchev–Trinajstić information content (AvgIpc) is 1.61. The summed E-state index contributed by atoms with van der Waals surface area (Å²) in [6.45, 7) is 2.05. The molecule has 0 aliphatic carbocycles. The van der Waals surface area contributed by atoms with Crippen LogP contribution in [-0.2, 0) is 4.57 Å². The second-order valence-electron chi connectivity index (χ2n) is 1.14. The Morgan fingerprint density at radius 1 is 1.44 bits per heavy atom. The molecule has 0 rings (SSSR count). The Hall–Kier alpha value is 0.400. The molecule has 0 saturated carbocycles. The highest BCUT2D eigenvalue weighted by molar-refractivity contribution is 7.40. The van der Waals surface area contributed by atoms with Crippen LogP contribution in [0, 0.1) is 0 Å². The van der Waals surface area contributed by atoms with Gasteiger partial charge in [0.15, 0.2) is 0 Å². The Bertz CT molecular complexity index is 79.5. The van der Waals surface area contributed by atoms with E-state index in [4.69, 9.17) is 30.8 Å². The summed E-state index contributed by atoms with van der Waals surface area (Å²) in [5.41, 5.74) is 0. The van der Waals surface area contributed by atoms with Crippen LogP contribution >= 0.6 is 19.4 Å². The van der Waals surface area contributed by atoms with Crippen LogP contribution in [-0.4, -0.2) is 5.88 Å². The molecular formula is C3H7ClO4P-3. The van der Waals surface area contributed by atoms with E-state index in [-0.39, 0.29) is 0 Å². The molecule has 0 aliphatic heterocycles. The van der Waals surface area contributed by atoms with Gasteiger partial charge in [-0.1, -0.05) is 6.92 Å². The number of halogens is 1. The molecule has 4 nitrogen and oxygen atoms in total. The van der Waals surface area contributed by atoms with Crippen LogP contribution in [0.2, 0.25) is 0 Å². The maximum absolute atomic E-state index is 8.55. The van der Waals surface area contributed by atoms with Crippen LogP contribution in [0.3, 0.4) is 0 Å². The lowest BCUT2D eigenvalue weighted by Crippen LogP contribution is -2.24. The summed E-state index contributed by atoms with van der Waals surface area (Å²) in [6.07, 6.45) is 1.08. The Balaban J connectivity index is 0. The molecule has 0 fully saturated rings. The zero-order chi connectivity index (χ0) is 7.91. The van der Waals surface area contributed by atoms with Gasteiger partial charge in [0.05, 0.1) is 0 Å². The fourth-order valence-electron chi connectivity index (χ4n) is 0. The first-order valence-electron chi connectivity index (χ1n) is 2.20. The highest BCUT2D eigenvalue weighted by atomic mass is 35.5. The summed E-state index contributed by atoms with van der Waals surface area (Å²) < 4.78 is 8.55. The van der Waals surface area contributed by atoms with Gasteiger partial charge in [0.2, 0.25) is 0 Å². The van der Waals surface area contributed by atoms with E-state index < -0.39 is 7.82 Å². The molecule has 0 aliphatic rings. The number of hydrogen-bond donors (Lipinski definition) is 0. The Kier molecular flexibility index (Phi) is 8.77. The molecule has 0 saturated heterocycles. The van der Waals surface area contributed by atoms with Crippen LogP contribution in [0.1, 0.15) is 13.3 Å². The monoisotopic (exact) mass is 173 g/mol. The Morgan fingerprint density at radius 2 is 1.56 bits per heavy atom. The van der Waals surface area contributed by atoms with E-state index in [1.165, 1.54) is 0 Å². The standard InChI is InChI=1S/C3H7Cl.H3O4P/c1-2-3-4;1-5(2,3)4/h2-3H2,1H3;(H3,1,2,3,4)/p-3. The Morgan fingerprint density at radius 3 is 1.56 bits per heavy atom. The molecule has 0 unspecified atom stereocenters. The quantitative estimate of drug-likeness (QED) is 0.369. The molecule has 0 amide bonds. The van der Waals surface area contributed by atoms with Gasteiger partial charge in [0, 0.05) is 5.88 Å². The van der Waals surface area contributed by atoms with Gasteiger partial charge in [0.25, 0.3) is 0 Å². The van der Waals surface area contributed by atoms with Crippen molar-refractivity contribution >= 4 is 19.4 Å². The lowest BCUT2D eigenvalue weighted by atomic mass is 10.6. The minimum absolute atomic E-state index is 0.792. The van der Waals surface area contributed by atoms with Crippen LogP contribution in [0.15, 0.2) is 0 Å². The largest absolute Gasteiger partial charge is 0.822 e. The highest BCUT2D eigenvalue weighted by Gasteiger charge is 1.59. The maximum atomic E-state index is 8.55. The first-order valence-corrected chi connectivity index (χ1v) is 4.20. The van der Waals surface area contributed by atoms with Crippen molar-refractivity contribution < 1.29 is 19.2 Å².